The fourth-order valence-corrected chi connectivity index (χ4v) is 1.24. The second kappa shape index (κ2) is 5.56. The standard InChI is InChI=1S/C11H11BrO3/c1-8(6-11(13)14)7-15-10-4-2-9(12)3-5-10/h2-6H,7H2,1H3,(H,13,14)/b8-6+. The van der Waals surface area contributed by atoms with E-state index in [2.05, 4.69) is 15.9 Å². The van der Waals surface area contributed by atoms with Gasteiger partial charge < -0.3 is 9.84 Å². The summed E-state index contributed by atoms with van der Waals surface area (Å²) in [5, 5.41) is 8.48. The van der Waals surface area contributed by atoms with E-state index in [1.165, 1.54) is 0 Å². The predicted molar refractivity (Wildman–Crippen MR) is 61.0 cm³/mol. The van der Waals surface area contributed by atoms with Crippen molar-refractivity contribution in [3.8, 4) is 5.75 Å². The maximum Gasteiger partial charge on any atom is 0.328 e. The van der Waals surface area contributed by atoms with Gasteiger partial charge in [0, 0.05) is 10.5 Å². The molecule has 0 aromatic heterocycles. The van der Waals surface area contributed by atoms with Crippen molar-refractivity contribution in [2.45, 2.75) is 6.92 Å². The SMILES string of the molecule is C/C(=C\C(=O)O)COc1ccc(Br)cc1. The molecule has 0 aliphatic carbocycles. The van der Waals surface area contributed by atoms with E-state index in [4.69, 9.17) is 9.84 Å². The summed E-state index contributed by atoms with van der Waals surface area (Å²) in [5.74, 6) is -0.233. The quantitative estimate of drug-likeness (QED) is 0.856. The Morgan fingerprint density at radius 1 is 1.47 bits per heavy atom. The number of carbonyl (C=O) groups is 1. The fraction of sp³-hybridized carbons (Fsp3) is 0.182. The Kier molecular flexibility index (Phi) is 4.37. The Balaban J connectivity index is 2.50. The minimum Gasteiger partial charge on any atom is -0.489 e. The molecule has 3 nitrogen and oxygen atoms in total. The van der Waals surface area contributed by atoms with E-state index in [1.807, 2.05) is 24.3 Å². The normalized spacial score (nSPS) is 11.2. The zero-order valence-corrected chi connectivity index (χ0v) is 9.82. The molecule has 1 rings (SSSR count). The lowest BCUT2D eigenvalue weighted by molar-refractivity contribution is -0.131. The molecule has 0 aliphatic heterocycles. The van der Waals surface area contributed by atoms with Crippen LogP contribution < -0.4 is 4.74 Å². The van der Waals surface area contributed by atoms with Crippen LogP contribution in [-0.2, 0) is 4.79 Å². The zero-order chi connectivity index (χ0) is 11.3. The number of rotatable bonds is 4. The molecule has 0 spiro atoms. The lowest BCUT2D eigenvalue weighted by Gasteiger charge is -2.05. The summed E-state index contributed by atoms with van der Waals surface area (Å²) in [7, 11) is 0. The van der Waals surface area contributed by atoms with Crippen LogP contribution in [0.2, 0.25) is 0 Å². The van der Waals surface area contributed by atoms with Crippen LogP contribution in [0, 0.1) is 0 Å². The molecular formula is C11H11BrO3. The van der Waals surface area contributed by atoms with Crippen LogP contribution in [0.3, 0.4) is 0 Å². The second-order valence-electron chi connectivity index (χ2n) is 3.07. The molecule has 1 aromatic rings. The smallest absolute Gasteiger partial charge is 0.328 e. The molecule has 0 saturated carbocycles. The van der Waals surface area contributed by atoms with Gasteiger partial charge in [0.05, 0.1) is 0 Å². The van der Waals surface area contributed by atoms with E-state index >= 15 is 0 Å². The van der Waals surface area contributed by atoms with Crippen molar-refractivity contribution in [3.05, 3.63) is 40.4 Å². The summed E-state index contributed by atoms with van der Waals surface area (Å²) in [4.78, 5) is 10.3. The first kappa shape index (κ1) is 11.8. The van der Waals surface area contributed by atoms with Crippen molar-refractivity contribution in [1.82, 2.24) is 0 Å². The van der Waals surface area contributed by atoms with E-state index in [0.29, 0.717) is 5.57 Å². The molecule has 0 atom stereocenters. The van der Waals surface area contributed by atoms with Crippen molar-refractivity contribution < 1.29 is 14.6 Å². The molecule has 0 radical (unpaired) electrons. The van der Waals surface area contributed by atoms with Crippen LogP contribution in [0.4, 0.5) is 0 Å². The molecular weight excluding hydrogens is 260 g/mol. The van der Waals surface area contributed by atoms with Crippen molar-refractivity contribution in [1.29, 1.82) is 0 Å². The highest BCUT2D eigenvalue weighted by atomic mass is 79.9. The maximum atomic E-state index is 10.3. The van der Waals surface area contributed by atoms with Gasteiger partial charge in [-0.05, 0) is 36.8 Å². The molecule has 80 valence electrons. The number of aliphatic carboxylic acids is 1. The lowest BCUT2D eigenvalue weighted by Crippen LogP contribution is -2.01. The van der Waals surface area contributed by atoms with Gasteiger partial charge in [-0.1, -0.05) is 15.9 Å². The molecule has 0 fully saturated rings. The van der Waals surface area contributed by atoms with E-state index in [0.717, 1.165) is 16.3 Å². The number of carboxylic acids is 1. The summed E-state index contributed by atoms with van der Waals surface area (Å²) in [5.41, 5.74) is 0.672. The molecule has 0 unspecified atom stereocenters. The van der Waals surface area contributed by atoms with Crippen LogP contribution >= 0.6 is 15.9 Å². The molecule has 0 saturated heterocycles. The number of halogens is 1. The first-order chi connectivity index (χ1) is 7.08. The highest BCUT2D eigenvalue weighted by Gasteiger charge is 1.97. The van der Waals surface area contributed by atoms with Gasteiger partial charge >= 0.3 is 5.97 Å². The zero-order valence-electron chi connectivity index (χ0n) is 8.24. The maximum absolute atomic E-state index is 10.3. The Labute approximate surface area is 96.5 Å². The topological polar surface area (TPSA) is 46.5 Å². The van der Waals surface area contributed by atoms with Crippen LogP contribution in [0.15, 0.2) is 40.4 Å². The summed E-state index contributed by atoms with van der Waals surface area (Å²) in [6.07, 6.45) is 1.14. The molecule has 1 N–H and O–H groups in total. The van der Waals surface area contributed by atoms with Gasteiger partial charge in [0.15, 0.2) is 0 Å². The molecule has 0 aliphatic rings. The van der Waals surface area contributed by atoms with E-state index in [1.54, 1.807) is 6.92 Å². The number of hydrogen-bond donors (Lipinski definition) is 1. The predicted octanol–water partition coefficient (Wildman–Crippen LogP) is 2.86. The summed E-state index contributed by atoms with van der Waals surface area (Å²) in [6, 6.07) is 7.37. The summed E-state index contributed by atoms with van der Waals surface area (Å²) < 4.78 is 6.35. The Morgan fingerprint density at radius 2 is 2.07 bits per heavy atom. The van der Waals surface area contributed by atoms with E-state index in [-0.39, 0.29) is 6.61 Å². The average molecular weight is 271 g/mol. The third-order valence-corrected chi connectivity index (χ3v) is 2.18. The first-order valence-electron chi connectivity index (χ1n) is 4.36. The number of carboxylic acid groups (broad SMARTS) is 1. The number of ether oxygens (including phenoxy) is 1. The minimum absolute atomic E-state index is 0.286. The lowest BCUT2D eigenvalue weighted by atomic mass is 10.3. The van der Waals surface area contributed by atoms with Gasteiger partial charge in [0.1, 0.15) is 12.4 Å². The highest BCUT2D eigenvalue weighted by molar-refractivity contribution is 9.10. The van der Waals surface area contributed by atoms with Gasteiger partial charge in [-0.15, -0.1) is 0 Å². The largest absolute Gasteiger partial charge is 0.489 e. The minimum atomic E-state index is -0.952. The molecule has 1 aromatic carbocycles. The van der Waals surface area contributed by atoms with E-state index in [9.17, 15) is 4.79 Å². The van der Waals surface area contributed by atoms with Crippen molar-refractivity contribution in [3.63, 3.8) is 0 Å². The molecule has 15 heavy (non-hydrogen) atoms. The monoisotopic (exact) mass is 270 g/mol. The van der Waals surface area contributed by atoms with Gasteiger partial charge in [-0.3, -0.25) is 0 Å². The van der Waals surface area contributed by atoms with Crippen LogP contribution in [-0.4, -0.2) is 17.7 Å². The van der Waals surface area contributed by atoms with Crippen molar-refractivity contribution in [2.75, 3.05) is 6.61 Å². The number of benzene rings is 1. The Hall–Kier alpha value is -1.29. The Bertz CT molecular complexity index is 368. The van der Waals surface area contributed by atoms with Gasteiger partial charge in [-0.25, -0.2) is 4.79 Å². The Morgan fingerprint density at radius 3 is 2.60 bits per heavy atom. The van der Waals surface area contributed by atoms with Crippen LogP contribution in [0.5, 0.6) is 5.75 Å². The average Bonchev–Trinajstić information content (AvgIpc) is 2.16. The summed E-state index contributed by atoms with van der Waals surface area (Å²) >= 11 is 3.31. The highest BCUT2D eigenvalue weighted by Crippen LogP contribution is 2.16. The molecule has 4 heteroatoms. The third-order valence-electron chi connectivity index (χ3n) is 1.65. The van der Waals surface area contributed by atoms with Crippen LogP contribution in [0.25, 0.3) is 0 Å². The molecule has 0 amide bonds. The van der Waals surface area contributed by atoms with Crippen molar-refractivity contribution in [2.24, 2.45) is 0 Å². The van der Waals surface area contributed by atoms with Gasteiger partial charge in [0.2, 0.25) is 0 Å². The fourth-order valence-electron chi connectivity index (χ4n) is 0.980. The van der Waals surface area contributed by atoms with Gasteiger partial charge in [-0.2, -0.15) is 0 Å². The van der Waals surface area contributed by atoms with Gasteiger partial charge in [0.25, 0.3) is 0 Å². The molecule has 0 bridgehead atoms. The third kappa shape index (κ3) is 4.65. The van der Waals surface area contributed by atoms with E-state index < -0.39 is 5.97 Å². The second-order valence-corrected chi connectivity index (χ2v) is 3.99. The molecule has 0 heterocycles. The number of hydrogen-bond acceptors (Lipinski definition) is 2. The van der Waals surface area contributed by atoms with Crippen LogP contribution in [0.1, 0.15) is 6.92 Å². The first-order valence-corrected chi connectivity index (χ1v) is 5.15. The summed E-state index contributed by atoms with van der Waals surface area (Å²) in [6.45, 7) is 2.00. The van der Waals surface area contributed by atoms with Crippen molar-refractivity contribution >= 4 is 21.9 Å².